The van der Waals surface area contributed by atoms with Crippen molar-refractivity contribution in [2.45, 2.75) is 51.0 Å². The van der Waals surface area contributed by atoms with Crippen LogP contribution >= 0.6 is 0 Å². The summed E-state index contributed by atoms with van der Waals surface area (Å²) in [5, 5.41) is 0. The number of hydrogen-bond donors (Lipinski definition) is 0. The summed E-state index contributed by atoms with van der Waals surface area (Å²) in [6, 6.07) is 4.14. The van der Waals surface area contributed by atoms with Crippen molar-refractivity contribution < 1.29 is 9.53 Å². The number of ether oxygens (including phenoxy) is 1. The fourth-order valence-electron chi connectivity index (χ4n) is 3.94. The molecular weight excluding hydrogens is 300 g/mol. The number of rotatable bonds is 2. The van der Waals surface area contributed by atoms with Crippen LogP contribution in [0.25, 0.3) is 5.57 Å². The molecule has 0 bridgehead atoms. The van der Waals surface area contributed by atoms with Crippen LogP contribution in [0, 0.1) is 0 Å². The molecule has 1 aliphatic heterocycles. The lowest BCUT2D eigenvalue weighted by molar-refractivity contribution is 0.0477. The Morgan fingerprint density at radius 2 is 2.08 bits per heavy atom. The molecule has 1 amide bonds. The minimum atomic E-state index is -0.139. The van der Waals surface area contributed by atoms with Gasteiger partial charge in [0, 0.05) is 31.3 Å². The van der Waals surface area contributed by atoms with Crippen molar-refractivity contribution in [3.05, 3.63) is 47.3 Å². The summed E-state index contributed by atoms with van der Waals surface area (Å²) >= 11 is 0. The Bertz CT molecular complexity index is 687. The highest BCUT2D eigenvalue weighted by atomic mass is 16.6. The van der Waals surface area contributed by atoms with Gasteiger partial charge in [0.05, 0.1) is 5.69 Å². The summed E-state index contributed by atoms with van der Waals surface area (Å²) in [4.78, 5) is 18.6. The van der Waals surface area contributed by atoms with Crippen LogP contribution in [0.15, 0.2) is 36.1 Å². The number of amides is 1. The third-order valence-electron chi connectivity index (χ3n) is 5.31. The molecule has 4 heteroatoms. The van der Waals surface area contributed by atoms with Gasteiger partial charge in [-0.3, -0.25) is 4.98 Å². The lowest BCUT2D eigenvalue weighted by atomic mass is 9.96. The molecule has 1 aromatic heterocycles. The number of carbonyl (C=O) groups is 1. The van der Waals surface area contributed by atoms with Gasteiger partial charge < -0.3 is 9.64 Å². The molecule has 0 unspecified atom stereocenters. The molecular formula is C20H24N2O2. The number of carbonyl (C=O) groups excluding carboxylic acids is 1. The minimum absolute atomic E-state index is 0.132. The van der Waals surface area contributed by atoms with Crippen molar-refractivity contribution in [3.63, 3.8) is 0 Å². The number of pyridine rings is 1. The molecule has 1 fully saturated rings. The van der Waals surface area contributed by atoms with Gasteiger partial charge >= 0.3 is 6.09 Å². The first-order valence-corrected chi connectivity index (χ1v) is 9.10. The van der Waals surface area contributed by atoms with Crippen LogP contribution in [0.1, 0.15) is 49.8 Å². The van der Waals surface area contributed by atoms with Crippen molar-refractivity contribution in [1.29, 1.82) is 0 Å². The zero-order valence-electron chi connectivity index (χ0n) is 14.0. The molecule has 0 N–H and O–H groups in total. The Morgan fingerprint density at radius 1 is 1.21 bits per heavy atom. The van der Waals surface area contributed by atoms with E-state index in [1.165, 1.54) is 36.0 Å². The smallest absolute Gasteiger partial charge is 0.410 e. The summed E-state index contributed by atoms with van der Waals surface area (Å²) in [5.41, 5.74) is 5.05. The second-order valence-electron chi connectivity index (χ2n) is 6.89. The molecule has 0 atom stereocenters. The number of hydrogen-bond acceptors (Lipinski definition) is 3. The number of allylic oxidation sites excluding steroid dienone is 2. The highest BCUT2D eigenvalue weighted by Gasteiger charge is 2.25. The lowest BCUT2D eigenvalue weighted by Gasteiger charge is -2.29. The van der Waals surface area contributed by atoms with E-state index < -0.39 is 0 Å². The molecule has 2 heterocycles. The van der Waals surface area contributed by atoms with Crippen LogP contribution in [0.4, 0.5) is 4.79 Å². The Balaban J connectivity index is 1.38. The molecule has 0 saturated heterocycles. The largest absolute Gasteiger partial charge is 0.446 e. The molecule has 3 aliphatic rings. The molecule has 2 aliphatic carbocycles. The van der Waals surface area contributed by atoms with E-state index >= 15 is 0 Å². The standard InChI is InChI=1S/C20H24N2O2/c23-20(24-16-5-2-1-3-6-16)22-13-10-15(11-14-22)17-8-9-19-18(17)7-4-12-21-19/h4,7-8,10,12,16H,1-3,5-6,9,11,13-14H2. The number of aromatic nitrogens is 1. The lowest BCUT2D eigenvalue weighted by Crippen LogP contribution is -2.37. The highest BCUT2D eigenvalue weighted by Crippen LogP contribution is 2.34. The van der Waals surface area contributed by atoms with Crippen LogP contribution in [0.2, 0.25) is 0 Å². The molecule has 0 spiro atoms. The van der Waals surface area contributed by atoms with Gasteiger partial charge in [-0.15, -0.1) is 0 Å². The maximum Gasteiger partial charge on any atom is 0.410 e. The van der Waals surface area contributed by atoms with Gasteiger partial charge in [0.25, 0.3) is 0 Å². The van der Waals surface area contributed by atoms with E-state index in [9.17, 15) is 4.79 Å². The monoisotopic (exact) mass is 324 g/mol. The van der Waals surface area contributed by atoms with Crippen LogP contribution in [-0.2, 0) is 11.2 Å². The van der Waals surface area contributed by atoms with E-state index in [2.05, 4.69) is 23.2 Å². The van der Waals surface area contributed by atoms with E-state index in [0.29, 0.717) is 6.54 Å². The summed E-state index contributed by atoms with van der Waals surface area (Å²) in [5.74, 6) is 0. The topological polar surface area (TPSA) is 42.4 Å². The van der Waals surface area contributed by atoms with Crippen LogP contribution in [0.3, 0.4) is 0 Å². The van der Waals surface area contributed by atoms with Gasteiger partial charge in [0.15, 0.2) is 0 Å². The zero-order chi connectivity index (χ0) is 16.4. The van der Waals surface area contributed by atoms with Crippen LogP contribution in [-0.4, -0.2) is 35.2 Å². The average Bonchev–Trinajstić information content (AvgIpc) is 3.07. The predicted octanol–water partition coefficient (Wildman–Crippen LogP) is 4.12. The molecule has 24 heavy (non-hydrogen) atoms. The van der Waals surface area contributed by atoms with Gasteiger partial charge in [0.1, 0.15) is 6.10 Å². The van der Waals surface area contributed by atoms with Gasteiger partial charge in [-0.1, -0.05) is 24.6 Å². The maximum atomic E-state index is 12.3. The van der Waals surface area contributed by atoms with Crippen molar-refractivity contribution in [2.24, 2.45) is 0 Å². The van der Waals surface area contributed by atoms with Gasteiger partial charge in [0.2, 0.25) is 0 Å². The number of fused-ring (bicyclic) bond motifs is 1. The minimum Gasteiger partial charge on any atom is -0.446 e. The SMILES string of the molecule is O=C(OC1CCCCC1)N1CC=C(C2=CCc3ncccc32)CC1. The number of nitrogens with zero attached hydrogens (tertiary/aromatic N) is 2. The summed E-state index contributed by atoms with van der Waals surface area (Å²) in [7, 11) is 0. The first-order valence-electron chi connectivity index (χ1n) is 9.10. The molecule has 0 radical (unpaired) electrons. The molecule has 1 aromatic rings. The molecule has 0 aromatic carbocycles. The second kappa shape index (κ2) is 6.80. The van der Waals surface area contributed by atoms with Crippen LogP contribution < -0.4 is 0 Å². The van der Waals surface area contributed by atoms with E-state index in [1.54, 1.807) is 0 Å². The average molecular weight is 324 g/mol. The first kappa shape index (κ1) is 15.4. The van der Waals surface area contributed by atoms with E-state index in [-0.39, 0.29) is 12.2 Å². The fraction of sp³-hybridized carbons (Fsp3) is 0.500. The van der Waals surface area contributed by atoms with E-state index in [4.69, 9.17) is 4.74 Å². The van der Waals surface area contributed by atoms with E-state index in [1.807, 2.05) is 17.2 Å². The molecule has 4 rings (SSSR count). The van der Waals surface area contributed by atoms with Gasteiger partial charge in [-0.2, -0.15) is 0 Å². The summed E-state index contributed by atoms with van der Waals surface area (Å²) in [6.07, 6.45) is 13.8. The molecule has 126 valence electrons. The molecule has 4 nitrogen and oxygen atoms in total. The Morgan fingerprint density at radius 3 is 2.88 bits per heavy atom. The van der Waals surface area contributed by atoms with Gasteiger partial charge in [-0.05, 0) is 49.3 Å². The zero-order valence-corrected chi connectivity index (χ0v) is 14.0. The third-order valence-corrected chi connectivity index (χ3v) is 5.31. The third kappa shape index (κ3) is 3.10. The normalized spacial score (nSPS) is 21.1. The maximum absolute atomic E-state index is 12.3. The fourth-order valence-corrected chi connectivity index (χ4v) is 3.94. The summed E-state index contributed by atoms with van der Waals surface area (Å²) in [6.45, 7) is 1.39. The quantitative estimate of drug-likeness (QED) is 0.822. The Hall–Kier alpha value is -2.10. The van der Waals surface area contributed by atoms with Crippen molar-refractivity contribution in [1.82, 2.24) is 9.88 Å². The predicted molar refractivity (Wildman–Crippen MR) is 93.5 cm³/mol. The second-order valence-corrected chi connectivity index (χ2v) is 6.89. The van der Waals surface area contributed by atoms with Crippen molar-refractivity contribution in [2.75, 3.05) is 13.1 Å². The van der Waals surface area contributed by atoms with Crippen molar-refractivity contribution in [3.8, 4) is 0 Å². The van der Waals surface area contributed by atoms with Crippen molar-refractivity contribution >= 4 is 11.7 Å². The van der Waals surface area contributed by atoms with Gasteiger partial charge in [-0.25, -0.2) is 4.79 Å². The van der Waals surface area contributed by atoms with E-state index in [0.717, 1.165) is 37.9 Å². The van der Waals surface area contributed by atoms with Crippen LogP contribution in [0.5, 0.6) is 0 Å². The summed E-state index contributed by atoms with van der Waals surface area (Å²) < 4.78 is 5.68. The Labute approximate surface area is 143 Å². The first-order chi connectivity index (χ1) is 11.8. The Kier molecular flexibility index (Phi) is 4.37. The highest BCUT2D eigenvalue weighted by molar-refractivity contribution is 5.83. The molecule has 1 saturated carbocycles.